The van der Waals surface area contributed by atoms with Crippen molar-refractivity contribution in [1.82, 2.24) is 10.2 Å². The summed E-state index contributed by atoms with van der Waals surface area (Å²) in [6, 6.07) is 23.0. The highest BCUT2D eigenvalue weighted by Gasteiger charge is 2.34. The van der Waals surface area contributed by atoms with Crippen molar-refractivity contribution in [3.8, 4) is 0 Å². The number of unbranched alkanes of at least 4 members (excludes halogenated alkanes) is 1. The first kappa shape index (κ1) is 29.2. The first-order valence-corrected chi connectivity index (χ1v) is 14.5. The topological polar surface area (TPSA) is 86.8 Å². The molecule has 0 spiro atoms. The minimum Gasteiger partial charge on any atom is -0.354 e. The Hall–Kier alpha value is -3.36. The number of benzene rings is 3. The lowest BCUT2D eigenvalue weighted by molar-refractivity contribution is -0.140. The average Bonchev–Trinajstić information content (AvgIpc) is 2.93. The SMILES string of the molecule is CCCCNC(=O)[C@H](CC)N(Cc1ccccc1)C(=O)CN(c1ccccc1Cl)S(=O)(=O)c1ccccc1. The maximum absolute atomic E-state index is 14.0. The lowest BCUT2D eigenvalue weighted by Gasteiger charge is -2.33. The zero-order valence-corrected chi connectivity index (χ0v) is 23.3. The molecule has 0 fully saturated rings. The quantitative estimate of drug-likeness (QED) is 0.291. The first-order chi connectivity index (χ1) is 18.3. The molecule has 202 valence electrons. The Labute approximate surface area is 230 Å². The van der Waals surface area contributed by atoms with Crippen LogP contribution in [0.25, 0.3) is 0 Å². The van der Waals surface area contributed by atoms with E-state index in [2.05, 4.69) is 5.32 Å². The van der Waals surface area contributed by atoms with Gasteiger partial charge < -0.3 is 10.2 Å². The van der Waals surface area contributed by atoms with Crippen LogP contribution in [0.2, 0.25) is 5.02 Å². The van der Waals surface area contributed by atoms with Crippen molar-refractivity contribution in [3.05, 3.63) is 95.5 Å². The van der Waals surface area contributed by atoms with Crippen molar-refractivity contribution in [2.45, 2.75) is 50.6 Å². The molecule has 3 rings (SSSR count). The number of amides is 2. The molecule has 1 atom stereocenters. The second-order valence-electron chi connectivity index (χ2n) is 8.85. The molecule has 38 heavy (non-hydrogen) atoms. The number of para-hydroxylation sites is 1. The van der Waals surface area contributed by atoms with Crippen LogP contribution < -0.4 is 9.62 Å². The molecule has 2 amide bonds. The van der Waals surface area contributed by atoms with Gasteiger partial charge in [0.05, 0.1) is 15.6 Å². The minimum absolute atomic E-state index is 0.0340. The van der Waals surface area contributed by atoms with Gasteiger partial charge in [0.1, 0.15) is 12.6 Å². The molecule has 0 aliphatic rings. The molecule has 0 unspecified atom stereocenters. The molecule has 1 N–H and O–H groups in total. The second-order valence-corrected chi connectivity index (χ2v) is 11.1. The second kappa shape index (κ2) is 14.0. The Kier molecular flexibility index (Phi) is 10.7. The lowest BCUT2D eigenvalue weighted by Crippen LogP contribution is -2.52. The van der Waals surface area contributed by atoms with E-state index in [0.717, 1.165) is 22.7 Å². The van der Waals surface area contributed by atoms with Crippen LogP contribution in [0.3, 0.4) is 0 Å². The van der Waals surface area contributed by atoms with Crippen molar-refractivity contribution in [3.63, 3.8) is 0 Å². The van der Waals surface area contributed by atoms with E-state index in [4.69, 9.17) is 11.6 Å². The van der Waals surface area contributed by atoms with E-state index in [1.54, 1.807) is 42.5 Å². The van der Waals surface area contributed by atoms with Crippen molar-refractivity contribution in [1.29, 1.82) is 0 Å². The van der Waals surface area contributed by atoms with E-state index < -0.39 is 28.5 Å². The zero-order chi connectivity index (χ0) is 27.5. The Morgan fingerprint density at radius 3 is 2.11 bits per heavy atom. The molecule has 0 bridgehead atoms. The van der Waals surface area contributed by atoms with Crippen LogP contribution in [0.15, 0.2) is 89.8 Å². The standard InChI is InChI=1S/C29H34ClN3O4S/c1-3-5-20-31-29(35)26(4-2)32(21-23-14-8-6-9-15-23)28(34)22-33(27-19-13-12-18-25(27)30)38(36,37)24-16-10-7-11-17-24/h6-19,26H,3-5,20-22H2,1-2H3,(H,31,35)/t26-/m0/s1. The minimum atomic E-state index is -4.15. The summed E-state index contributed by atoms with van der Waals surface area (Å²) in [4.78, 5) is 28.6. The van der Waals surface area contributed by atoms with Crippen LogP contribution >= 0.6 is 11.6 Å². The summed E-state index contributed by atoms with van der Waals surface area (Å²) >= 11 is 6.42. The van der Waals surface area contributed by atoms with Gasteiger partial charge in [0, 0.05) is 13.1 Å². The van der Waals surface area contributed by atoms with Crippen molar-refractivity contribution in [2.24, 2.45) is 0 Å². The number of hydrogen-bond acceptors (Lipinski definition) is 4. The van der Waals surface area contributed by atoms with E-state index in [1.807, 2.05) is 44.2 Å². The van der Waals surface area contributed by atoms with Gasteiger partial charge in [-0.2, -0.15) is 0 Å². The molecule has 0 radical (unpaired) electrons. The molecule has 0 aromatic heterocycles. The molecular formula is C29H34ClN3O4S. The number of hydrogen-bond donors (Lipinski definition) is 1. The summed E-state index contributed by atoms with van der Waals surface area (Å²) in [5.41, 5.74) is 1.02. The Balaban J connectivity index is 2.02. The number of sulfonamides is 1. The summed E-state index contributed by atoms with van der Waals surface area (Å²) in [7, 11) is -4.15. The summed E-state index contributed by atoms with van der Waals surface area (Å²) in [6.07, 6.45) is 2.12. The highest BCUT2D eigenvalue weighted by atomic mass is 35.5. The number of nitrogens with zero attached hydrogens (tertiary/aromatic N) is 2. The Morgan fingerprint density at radius 1 is 0.895 bits per heavy atom. The van der Waals surface area contributed by atoms with Gasteiger partial charge in [0.15, 0.2) is 0 Å². The molecule has 3 aromatic carbocycles. The molecule has 9 heteroatoms. The van der Waals surface area contributed by atoms with Crippen molar-refractivity contribution in [2.75, 3.05) is 17.4 Å². The van der Waals surface area contributed by atoms with Crippen molar-refractivity contribution < 1.29 is 18.0 Å². The largest absolute Gasteiger partial charge is 0.354 e. The predicted molar refractivity (Wildman–Crippen MR) is 151 cm³/mol. The van der Waals surface area contributed by atoms with Gasteiger partial charge in [0.25, 0.3) is 10.0 Å². The van der Waals surface area contributed by atoms with E-state index in [0.29, 0.717) is 13.0 Å². The van der Waals surface area contributed by atoms with Gasteiger partial charge in [0.2, 0.25) is 11.8 Å². The van der Waals surface area contributed by atoms with Crippen LogP contribution in [0.5, 0.6) is 0 Å². The molecule has 3 aromatic rings. The highest BCUT2D eigenvalue weighted by Crippen LogP contribution is 2.30. The lowest BCUT2D eigenvalue weighted by atomic mass is 10.1. The molecule has 0 saturated heterocycles. The van der Waals surface area contributed by atoms with Crippen molar-refractivity contribution >= 4 is 39.1 Å². The number of carbonyl (C=O) groups is 2. The summed E-state index contributed by atoms with van der Waals surface area (Å²) < 4.78 is 28.6. The van der Waals surface area contributed by atoms with E-state index in [1.165, 1.54) is 17.0 Å². The third kappa shape index (κ3) is 7.36. The van der Waals surface area contributed by atoms with Gasteiger partial charge >= 0.3 is 0 Å². The third-order valence-corrected chi connectivity index (χ3v) is 8.24. The van der Waals surface area contributed by atoms with Gasteiger partial charge in [-0.05, 0) is 42.7 Å². The number of carbonyl (C=O) groups excluding carboxylic acids is 2. The monoisotopic (exact) mass is 555 g/mol. The number of halogens is 1. The number of rotatable bonds is 13. The van der Waals surface area contributed by atoms with E-state index in [9.17, 15) is 18.0 Å². The molecule has 7 nitrogen and oxygen atoms in total. The third-order valence-electron chi connectivity index (χ3n) is 6.14. The predicted octanol–water partition coefficient (Wildman–Crippen LogP) is 5.26. The van der Waals surface area contributed by atoms with Crippen LogP contribution in [0.1, 0.15) is 38.7 Å². The molecule has 0 saturated carbocycles. The fourth-order valence-corrected chi connectivity index (χ4v) is 5.83. The van der Waals surface area contributed by atoms with Gasteiger partial charge in [-0.15, -0.1) is 0 Å². The summed E-state index contributed by atoms with van der Waals surface area (Å²) in [5.74, 6) is -0.772. The van der Waals surface area contributed by atoms with Crippen LogP contribution in [-0.2, 0) is 26.2 Å². The fraction of sp³-hybridized carbons (Fsp3) is 0.310. The normalized spacial score (nSPS) is 12.0. The Morgan fingerprint density at radius 2 is 1.50 bits per heavy atom. The fourth-order valence-electron chi connectivity index (χ4n) is 4.09. The van der Waals surface area contributed by atoms with Gasteiger partial charge in [-0.1, -0.05) is 92.5 Å². The van der Waals surface area contributed by atoms with Crippen LogP contribution in [-0.4, -0.2) is 44.3 Å². The molecular weight excluding hydrogens is 522 g/mol. The molecule has 0 aliphatic heterocycles. The number of nitrogens with one attached hydrogen (secondary N) is 1. The zero-order valence-electron chi connectivity index (χ0n) is 21.7. The summed E-state index contributed by atoms with van der Waals surface area (Å²) in [5, 5.41) is 3.11. The summed E-state index contributed by atoms with van der Waals surface area (Å²) in [6.45, 7) is 4.01. The highest BCUT2D eigenvalue weighted by molar-refractivity contribution is 7.92. The van der Waals surface area contributed by atoms with Crippen LogP contribution in [0, 0.1) is 0 Å². The van der Waals surface area contributed by atoms with Gasteiger partial charge in [-0.3, -0.25) is 13.9 Å². The average molecular weight is 556 g/mol. The van der Waals surface area contributed by atoms with E-state index in [-0.39, 0.29) is 28.1 Å². The smallest absolute Gasteiger partial charge is 0.264 e. The maximum atomic E-state index is 14.0. The maximum Gasteiger partial charge on any atom is 0.264 e. The molecule has 0 aliphatic carbocycles. The Bertz CT molecular complexity index is 1300. The van der Waals surface area contributed by atoms with Crippen LogP contribution in [0.4, 0.5) is 5.69 Å². The van der Waals surface area contributed by atoms with E-state index >= 15 is 0 Å². The van der Waals surface area contributed by atoms with Gasteiger partial charge in [-0.25, -0.2) is 8.42 Å². The first-order valence-electron chi connectivity index (χ1n) is 12.7. The number of anilines is 1. The molecule has 0 heterocycles.